The predicted octanol–water partition coefficient (Wildman–Crippen LogP) is 4.21. The van der Waals surface area contributed by atoms with Gasteiger partial charge in [0.05, 0.1) is 18.8 Å². The van der Waals surface area contributed by atoms with E-state index in [0.29, 0.717) is 19.3 Å². The largest absolute Gasteiger partial charge is 0.444 e. The van der Waals surface area contributed by atoms with Crippen molar-refractivity contribution in [3.63, 3.8) is 0 Å². The van der Waals surface area contributed by atoms with Gasteiger partial charge in [0.2, 0.25) is 0 Å². The van der Waals surface area contributed by atoms with E-state index in [9.17, 15) is 15.0 Å². The lowest BCUT2D eigenvalue weighted by Crippen LogP contribution is -2.43. The van der Waals surface area contributed by atoms with E-state index >= 15 is 0 Å². The Morgan fingerprint density at radius 1 is 1.14 bits per heavy atom. The molecule has 5 nitrogen and oxygen atoms in total. The number of aliphatic hydroxyl groups is 2. The maximum absolute atomic E-state index is 12.3. The number of amides is 1. The number of hydrogen-bond donors (Lipinski definition) is 3. The van der Waals surface area contributed by atoms with Crippen molar-refractivity contribution < 1.29 is 19.7 Å². The van der Waals surface area contributed by atoms with Gasteiger partial charge in [-0.3, -0.25) is 0 Å². The third kappa shape index (κ3) is 7.77. The van der Waals surface area contributed by atoms with E-state index in [1.807, 2.05) is 68.4 Å². The molecule has 0 fully saturated rings. The molecule has 0 saturated carbocycles. The first-order valence-corrected chi connectivity index (χ1v) is 10.4. The van der Waals surface area contributed by atoms with Gasteiger partial charge in [0, 0.05) is 3.57 Å². The molecule has 0 aliphatic heterocycles. The molecule has 2 atom stereocenters. The van der Waals surface area contributed by atoms with Gasteiger partial charge in [-0.15, -0.1) is 0 Å². The van der Waals surface area contributed by atoms with Crippen LogP contribution >= 0.6 is 22.6 Å². The molecule has 0 aliphatic carbocycles. The molecule has 1 amide bonds. The molecule has 2 aromatic rings. The van der Waals surface area contributed by atoms with Crippen LogP contribution in [0.4, 0.5) is 4.79 Å². The molecule has 0 saturated heterocycles. The van der Waals surface area contributed by atoms with Crippen molar-refractivity contribution in [3.8, 4) is 0 Å². The normalized spacial score (nSPS) is 13.6. The molecule has 0 spiro atoms. The van der Waals surface area contributed by atoms with Gasteiger partial charge in [0.15, 0.2) is 0 Å². The van der Waals surface area contributed by atoms with E-state index in [1.165, 1.54) is 0 Å². The number of nitrogens with one attached hydrogen (secondary N) is 1. The zero-order chi connectivity index (χ0) is 20.6. The van der Waals surface area contributed by atoms with Crippen molar-refractivity contribution >= 4 is 28.7 Å². The van der Waals surface area contributed by atoms with Gasteiger partial charge in [0.1, 0.15) is 5.60 Å². The first kappa shape index (κ1) is 22.6. The van der Waals surface area contributed by atoms with Gasteiger partial charge in [-0.2, -0.15) is 0 Å². The minimum absolute atomic E-state index is 0.172. The maximum Gasteiger partial charge on any atom is 0.407 e. The van der Waals surface area contributed by atoms with Crippen LogP contribution in [0.3, 0.4) is 0 Å². The smallest absolute Gasteiger partial charge is 0.407 e. The van der Waals surface area contributed by atoms with Crippen molar-refractivity contribution in [1.82, 2.24) is 5.32 Å². The van der Waals surface area contributed by atoms with Crippen LogP contribution in [0.15, 0.2) is 54.6 Å². The monoisotopic (exact) mass is 497 g/mol. The number of alkyl carbamates (subject to hydrolysis) is 1. The highest BCUT2D eigenvalue weighted by Gasteiger charge is 2.25. The summed E-state index contributed by atoms with van der Waals surface area (Å²) in [5.74, 6) is 0. The van der Waals surface area contributed by atoms with E-state index in [1.54, 1.807) is 0 Å². The van der Waals surface area contributed by atoms with Gasteiger partial charge in [-0.05, 0) is 79.0 Å². The van der Waals surface area contributed by atoms with Crippen LogP contribution in [0, 0.1) is 3.57 Å². The molecular formula is C22H28INO4. The molecule has 3 N–H and O–H groups in total. The number of aliphatic hydroxyl groups excluding tert-OH is 2. The van der Waals surface area contributed by atoms with Gasteiger partial charge < -0.3 is 20.3 Å². The molecule has 0 radical (unpaired) electrons. The van der Waals surface area contributed by atoms with E-state index in [0.717, 1.165) is 14.7 Å². The van der Waals surface area contributed by atoms with Gasteiger partial charge in [-0.25, -0.2) is 4.79 Å². The number of carbonyl (C=O) groups excluding carboxylic acids is 1. The topological polar surface area (TPSA) is 78.8 Å². The van der Waals surface area contributed by atoms with E-state index in [2.05, 4.69) is 27.9 Å². The minimum atomic E-state index is -0.733. The van der Waals surface area contributed by atoms with Crippen molar-refractivity contribution in [2.75, 3.05) is 6.61 Å². The third-order valence-corrected chi connectivity index (χ3v) is 5.23. The zero-order valence-corrected chi connectivity index (χ0v) is 18.4. The van der Waals surface area contributed by atoms with E-state index in [-0.39, 0.29) is 6.61 Å². The summed E-state index contributed by atoms with van der Waals surface area (Å²) >= 11 is 2.23. The van der Waals surface area contributed by atoms with Crippen LogP contribution in [-0.2, 0) is 11.2 Å². The van der Waals surface area contributed by atoms with E-state index < -0.39 is 23.8 Å². The molecule has 28 heavy (non-hydrogen) atoms. The van der Waals surface area contributed by atoms with Crippen LogP contribution < -0.4 is 5.32 Å². The summed E-state index contributed by atoms with van der Waals surface area (Å²) in [6, 6.07) is 16.9. The molecule has 0 unspecified atom stereocenters. The number of halogens is 1. The summed E-state index contributed by atoms with van der Waals surface area (Å²) in [4.78, 5) is 12.3. The molecule has 0 aromatic heterocycles. The lowest BCUT2D eigenvalue weighted by atomic mass is 9.97. The Bertz CT molecular complexity index is 734. The fraction of sp³-hybridized carbons (Fsp3) is 0.409. The predicted molar refractivity (Wildman–Crippen MR) is 118 cm³/mol. The first-order chi connectivity index (χ1) is 13.3. The highest BCUT2D eigenvalue weighted by atomic mass is 127. The summed E-state index contributed by atoms with van der Waals surface area (Å²) in [5.41, 5.74) is 1.15. The van der Waals surface area contributed by atoms with Crippen LogP contribution in [0.2, 0.25) is 0 Å². The summed E-state index contributed by atoms with van der Waals surface area (Å²) in [5, 5.41) is 22.6. The van der Waals surface area contributed by atoms with Crippen LogP contribution in [0.5, 0.6) is 0 Å². The number of rotatable bonds is 9. The second kappa shape index (κ2) is 10.8. The fourth-order valence-electron chi connectivity index (χ4n) is 2.89. The molecule has 2 rings (SSSR count). The van der Waals surface area contributed by atoms with Crippen LogP contribution in [0.1, 0.15) is 43.9 Å². The second-order valence-electron chi connectivity index (χ2n) is 7.47. The van der Waals surface area contributed by atoms with Crippen molar-refractivity contribution in [1.29, 1.82) is 0 Å². The zero-order valence-electron chi connectivity index (χ0n) is 16.3. The minimum Gasteiger partial charge on any atom is -0.444 e. The fourth-order valence-corrected chi connectivity index (χ4v) is 3.25. The maximum atomic E-state index is 12.3. The Morgan fingerprint density at radius 2 is 1.79 bits per heavy atom. The SMILES string of the molecule is CC(C)(CC[C@H](O)c1ccccc1)OC(=O)N[C@@H](CO)Cc1ccc(I)cc1. The van der Waals surface area contributed by atoms with Gasteiger partial charge in [0.25, 0.3) is 0 Å². The Hall–Kier alpha value is -1.64. The average molecular weight is 497 g/mol. The number of hydrogen-bond acceptors (Lipinski definition) is 4. The van der Waals surface area contributed by atoms with E-state index in [4.69, 9.17) is 4.74 Å². The highest BCUT2D eigenvalue weighted by molar-refractivity contribution is 14.1. The Labute approximate surface area is 180 Å². The Morgan fingerprint density at radius 3 is 2.39 bits per heavy atom. The van der Waals surface area contributed by atoms with Crippen LogP contribution in [0.25, 0.3) is 0 Å². The molecule has 0 heterocycles. The average Bonchev–Trinajstić information content (AvgIpc) is 2.67. The summed E-state index contributed by atoms with van der Waals surface area (Å²) in [6.45, 7) is 3.46. The second-order valence-corrected chi connectivity index (χ2v) is 8.71. The summed E-state index contributed by atoms with van der Waals surface area (Å²) < 4.78 is 6.67. The third-order valence-electron chi connectivity index (χ3n) is 4.51. The molecule has 0 aliphatic rings. The molecule has 0 bridgehead atoms. The van der Waals surface area contributed by atoms with Gasteiger partial charge >= 0.3 is 6.09 Å². The quantitative estimate of drug-likeness (QED) is 0.454. The molecule has 2 aromatic carbocycles. The number of benzene rings is 2. The molecule has 6 heteroatoms. The van der Waals surface area contributed by atoms with Crippen molar-refractivity contribution in [2.24, 2.45) is 0 Å². The molecular weight excluding hydrogens is 469 g/mol. The highest BCUT2D eigenvalue weighted by Crippen LogP contribution is 2.25. The van der Waals surface area contributed by atoms with Crippen molar-refractivity contribution in [3.05, 3.63) is 69.3 Å². The van der Waals surface area contributed by atoms with Crippen molar-refractivity contribution in [2.45, 2.75) is 50.9 Å². The molecule has 152 valence electrons. The Balaban J connectivity index is 1.82. The first-order valence-electron chi connectivity index (χ1n) is 9.37. The summed E-state index contributed by atoms with van der Waals surface area (Å²) in [7, 11) is 0. The lowest BCUT2D eigenvalue weighted by Gasteiger charge is -2.27. The van der Waals surface area contributed by atoms with Crippen LogP contribution in [-0.4, -0.2) is 34.6 Å². The summed E-state index contributed by atoms with van der Waals surface area (Å²) in [6.07, 6.45) is 0.352. The standard InChI is InChI=1S/C22H28INO4/c1-22(2,13-12-20(26)17-6-4-3-5-7-17)28-21(27)24-19(15-25)14-16-8-10-18(23)11-9-16/h3-11,19-20,25-26H,12-15H2,1-2H3,(H,24,27)/t19-,20+/m1/s1. The number of ether oxygens (including phenoxy) is 1. The Kier molecular flexibility index (Phi) is 8.72. The number of carbonyl (C=O) groups is 1. The lowest BCUT2D eigenvalue weighted by molar-refractivity contribution is 0.0173. The van der Waals surface area contributed by atoms with Gasteiger partial charge in [-0.1, -0.05) is 42.5 Å².